The Kier molecular flexibility index (Phi) is 2.24. The number of carbonyl (C=O) groups is 1. The lowest BCUT2D eigenvalue weighted by atomic mass is 10.2. The number of carboxylic acid groups (broad SMARTS) is 1. The van der Waals surface area contributed by atoms with Crippen LogP contribution in [-0.4, -0.2) is 16.1 Å². The standard InChI is InChI=1S/C7H6BrNO2/c1-4-2-3-9-6(5(4)8)7(10)11/h2-3H,1H3,(H,10,11). The molecule has 4 heteroatoms. The van der Waals surface area contributed by atoms with E-state index >= 15 is 0 Å². The third-order valence-electron chi connectivity index (χ3n) is 1.28. The molecule has 1 aromatic heterocycles. The van der Waals surface area contributed by atoms with Gasteiger partial charge in [-0.25, -0.2) is 9.78 Å². The molecule has 1 aromatic rings. The van der Waals surface area contributed by atoms with Gasteiger partial charge in [0.15, 0.2) is 5.69 Å². The third-order valence-corrected chi connectivity index (χ3v) is 2.29. The van der Waals surface area contributed by atoms with Crippen LogP contribution in [0.4, 0.5) is 0 Å². The van der Waals surface area contributed by atoms with Crippen LogP contribution < -0.4 is 0 Å². The monoisotopic (exact) mass is 215 g/mol. The summed E-state index contributed by atoms with van der Waals surface area (Å²) in [4.78, 5) is 14.2. The lowest BCUT2D eigenvalue weighted by Crippen LogP contribution is -2.01. The first-order chi connectivity index (χ1) is 5.13. The van der Waals surface area contributed by atoms with Gasteiger partial charge in [-0.2, -0.15) is 0 Å². The Hall–Kier alpha value is -0.900. The van der Waals surface area contributed by atoms with Crippen molar-refractivity contribution in [3.63, 3.8) is 0 Å². The second kappa shape index (κ2) is 3.00. The second-order valence-electron chi connectivity index (χ2n) is 2.10. The minimum absolute atomic E-state index is 0.0602. The van der Waals surface area contributed by atoms with Gasteiger partial charge in [0.1, 0.15) is 0 Å². The minimum atomic E-state index is -1.01. The number of carboxylic acids is 1. The predicted octanol–water partition coefficient (Wildman–Crippen LogP) is 1.85. The Labute approximate surface area is 72.2 Å². The Bertz CT molecular complexity index is 298. The molecule has 0 fully saturated rings. The summed E-state index contributed by atoms with van der Waals surface area (Å²) in [6.07, 6.45) is 1.48. The van der Waals surface area contributed by atoms with E-state index < -0.39 is 5.97 Å². The van der Waals surface area contributed by atoms with Gasteiger partial charge in [-0.3, -0.25) is 0 Å². The maximum atomic E-state index is 10.5. The number of aromatic carboxylic acids is 1. The van der Waals surface area contributed by atoms with E-state index in [0.717, 1.165) is 5.56 Å². The molecule has 3 nitrogen and oxygen atoms in total. The molecule has 0 saturated heterocycles. The van der Waals surface area contributed by atoms with Crippen molar-refractivity contribution < 1.29 is 9.90 Å². The van der Waals surface area contributed by atoms with Crippen LogP contribution in [0.25, 0.3) is 0 Å². The molecule has 0 aliphatic rings. The molecule has 0 aliphatic heterocycles. The van der Waals surface area contributed by atoms with E-state index in [2.05, 4.69) is 20.9 Å². The SMILES string of the molecule is Cc1ccnc(C(=O)O)c1Br. The quantitative estimate of drug-likeness (QED) is 0.779. The third kappa shape index (κ3) is 1.57. The molecule has 0 saturated carbocycles. The zero-order valence-corrected chi connectivity index (χ0v) is 7.42. The van der Waals surface area contributed by atoms with Crippen LogP contribution in [0.1, 0.15) is 16.1 Å². The van der Waals surface area contributed by atoms with Crippen LogP contribution in [0.2, 0.25) is 0 Å². The van der Waals surface area contributed by atoms with E-state index in [4.69, 9.17) is 5.11 Å². The van der Waals surface area contributed by atoms with Gasteiger partial charge < -0.3 is 5.11 Å². The van der Waals surface area contributed by atoms with E-state index in [1.54, 1.807) is 6.07 Å². The summed E-state index contributed by atoms with van der Waals surface area (Å²) >= 11 is 3.14. The van der Waals surface area contributed by atoms with Crippen molar-refractivity contribution in [3.8, 4) is 0 Å². The molecule has 0 aliphatic carbocycles. The lowest BCUT2D eigenvalue weighted by Gasteiger charge is -1.99. The van der Waals surface area contributed by atoms with Crippen LogP contribution in [0, 0.1) is 6.92 Å². The minimum Gasteiger partial charge on any atom is -0.476 e. The van der Waals surface area contributed by atoms with Crippen molar-refractivity contribution in [2.45, 2.75) is 6.92 Å². The smallest absolute Gasteiger partial charge is 0.355 e. The van der Waals surface area contributed by atoms with Gasteiger partial charge in [0.2, 0.25) is 0 Å². The van der Waals surface area contributed by atoms with Crippen LogP contribution in [0.15, 0.2) is 16.7 Å². The Morgan fingerprint density at radius 3 is 2.82 bits per heavy atom. The average molecular weight is 216 g/mol. The Morgan fingerprint density at radius 2 is 2.36 bits per heavy atom. The van der Waals surface area contributed by atoms with Gasteiger partial charge in [-0.1, -0.05) is 0 Å². The summed E-state index contributed by atoms with van der Waals surface area (Å²) in [6.45, 7) is 1.82. The Morgan fingerprint density at radius 1 is 1.73 bits per heavy atom. The molecule has 0 unspecified atom stereocenters. The highest BCUT2D eigenvalue weighted by atomic mass is 79.9. The normalized spacial score (nSPS) is 9.64. The first-order valence-electron chi connectivity index (χ1n) is 2.97. The predicted molar refractivity (Wildman–Crippen MR) is 43.6 cm³/mol. The summed E-state index contributed by atoms with van der Waals surface area (Å²) in [5, 5.41) is 8.60. The van der Waals surface area contributed by atoms with E-state index in [1.807, 2.05) is 6.92 Å². The fourth-order valence-electron chi connectivity index (χ4n) is 0.689. The largest absolute Gasteiger partial charge is 0.476 e. The molecule has 0 bridgehead atoms. The highest BCUT2D eigenvalue weighted by Gasteiger charge is 2.10. The number of halogens is 1. The van der Waals surface area contributed by atoms with E-state index in [9.17, 15) is 4.79 Å². The first-order valence-corrected chi connectivity index (χ1v) is 3.76. The zero-order chi connectivity index (χ0) is 8.43. The molecular formula is C7H6BrNO2. The van der Waals surface area contributed by atoms with Gasteiger partial charge in [0.25, 0.3) is 0 Å². The summed E-state index contributed by atoms with van der Waals surface area (Å²) in [6, 6.07) is 1.75. The van der Waals surface area contributed by atoms with Crippen molar-refractivity contribution >= 4 is 21.9 Å². The molecule has 0 spiro atoms. The fraction of sp³-hybridized carbons (Fsp3) is 0.143. The summed E-state index contributed by atoms with van der Waals surface area (Å²) in [5.74, 6) is -1.01. The van der Waals surface area contributed by atoms with Crippen LogP contribution >= 0.6 is 15.9 Å². The maximum absolute atomic E-state index is 10.5. The fourth-order valence-corrected chi connectivity index (χ4v) is 1.09. The molecular weight excluding hydrogens is 210 g/mol. The summed E-state index contributed by atoms with van der Waals surface area (Å²) < 4.78 is 0.549. The molecule has 0 radical (unpaired) electrons. The number of nitrogens with zero attached hydrogens (tertiary/aromatic N) is 1. The summed E-state index contributed by atoms with van der Waals surface area (Å²) in [5.41, 5.74) is 0.933. The van der Waals surface area contributed by atoms with Crippen molar-refractivity contribution in [1.82, 2.24) is 4.98 Å². The number of hydrogen-bond donors (Lipinski definition) is 1. The molecule has 0 amide bonds. The molecule has 1 N–H and O–H groups in total. The van der Waals surface area contributed by atoms with Crippen molar-refractivity contribution in [3.05, 3.63) is 28.0 Å². The van der Waals surface area contributed by atoms with Crippen molar-refractivity contribution in [1.29, 1.82) is 0 Å². The average Bonchev–Trinajstić information content (AvgIpc) is 1.94. The highest BCUT2D eigenvalue weighted by molar-refractivity contribution is 9.10. The van der Waals surface area contributed by atoms with Gasteiger partial charge in [0.05, 0.1) is 4.47 Å². The van der Waals surface area contributed by atoms with Crippen LogP contribution in [0.3, 0.4) is 0 Å². The van der Waals surface area contributed by atoms with Crippen LogP contribution in [0.5, 0.6) is 0 Å². The number of aryl methyl sites for hydroxylation is 1. The van der Waals surface area contributed by atoms with E-state index in [-0.39, 0.29) is 5.69 Å². The number of rotatable bonds is 1. The van der Waals surface area contributed by atoms with Gasteiger partial charge in [0, 0.05) is 6.20 Å². The zero-order valence-electron chi connectivity index (χ0n) is 5.84. The summed E-state index contributed by atoms with van der Waals surface area (Å²) in [7, 11) is 0. The topological polar surface area (TPSA) is 50.2 Å². The van der Waals surface area contributed by atoms with Crippen molar-refractivity contribution in [2.24, 2.45) is 0 Å². The highest BCUT2D eigenvalue weighted by Crippen LogP contribution is 2.18. The second-order valence-corrected chi connectivity index (χ2v) is 2.89. The number of aromatic nitrogens is 1. The number of hydrogen-bond acceptors (Lipinski definition) is 2. The van der Waals surface area contributed by atoms with E-state index in [0.29, 0.717) is 4.47 Å². The molecule has 58 valence electrons. The van der Waals surface area contributed by atoms with Gasteiger partial charge in [-0.05, 0) is 34.5 Å². The van der Waals surface area contributed by atoms with Crippen LogP contribution in [-0.2, 0) is 0 Å². The van der Waals surface area contributed by atoms with Gasteiger partial charge >= 0.3 is 5.97 Å². The molecule has 11 heavy (non-hydrogen) atoms. The number of pyridine rings is 1. The molecule has 0 aromatic carbocycles. The Balaban J connectivity index is 3.27. The lowest BCUT2D eigenvalue weighted by molar-refractivity contribution is 0.0689. The molecule has 0 atom stereocenters. The van der Waals surface area contributed by atoms with Gasteiger partial charge in [-0.15, -0.1) is 0 Å². The van der Waals surface area contributed by atoms with Crippen molar-refractivity contribution in [2.75, 3.05) is 0 Å². The first kappa shape index (κ1) is 8.20. The maximum Gasteiger partial charge on any atom is 0.355 e. The van der Waals surface area contributed by atoms with E-state index in [1.165, 1.54) is 6.20 Å². The molecule has 1 heterocycles. The molecule has 1 rings (SSSR count).